The SMILES string of the molecule is c1snnc1CNCC12CC3CC(CC(C3)C1)C2. The molecule has 5 rings (SSSR count). The number of hydrogen-bond donors (Lipinski definition) is 1. The third kappa shape index (κ3) is 1.99. The predicted octanol–water partition coefficient (Wildman–Crippen LogP) is 2.84. The van der Waals surface area contributed by atoms with Crippen LogP contribution >= 0.6 is 11.5 Å². The quantitative estimate of drug-likeness (QED) is 0.907. The topological polar surface area (TPSA) is 37.8 Å². The molecule has 4 saturated carbocycles. The third-order valence-electron chi connectivity index (χ3n) is 5.38. The first kappa shape index (κ1) is 11.4. The lowest BCUT2D eigenvalue weighted by Gasteiger charge is -2.57. The van der Waals surface area contributed by atoms with E-state index in [0.717, 1.165) is 30.0 Å². The molecule has 0 amide bonds. The first-order valence-electron chi connectivity index (χ1n) is 7.28. The molecule has 98 valence electrons. The highest BCUT2D eigenvalue weighted by Crippen LogP contribution is 2.59. The van der Waals surface area contributed by atoms with E-state index in [1.807, 2.05) is 5.38 Å². The zero-order valence-corrected chi connectivity index (χ0v) is 11.6. The molecule has 18 heavy (non-hydrogen) atoms. The molecule has 0 spiro atoms. The average Bonchev–Trinajstić information content (AvgIpc) is 2.79. The van der Waals surface area contributed by atoms with Crippen molar-refractivity contribution in [1.82, 2.24) is 14.9 Å². The molecule has 0 atom stereocenters. The van der Waals surface area contributed by atoms with Gasteiger partial charge in [-0.25, -0.2) is 0 Å². The second kappa shape index (κ2) is 4.27. The minimum atomic E-state index is 0.637. The van der Waals surface area contributed by atoms with Gasteiger partial charge in [0.25, 0.3) is 0 Å². The van der Waals surface area contributed by atoms with Crippen LogP contribution in [0.25, 0.3) is 0 Å². The molecule has 4 aliphatic carbocycles. The van der Waals surface area contributed by atoms with E-state index in [9.17, 15) is 0 Å². The summed E-state index contributed by atoms with van der Waals surface area (Å²) >= 11 is 1.45. The molecule has 1 N–H and O–H groups in total. The van der Waals surface area contributed by atoms with Gasteiger partial charge in [-0.05, 0) is 73.2 Å². The molecular weight excluding hydrogens is 242 g/mol. The minimum Gasteiger partial charge on any atom is -0.311 e. The van der Waals surface area contributed by atoms with E-state index in [4.69, 9.17) is 0 Å². The zero-order chi connectivity index (χ0) is 12.0. The number of rotatable bonds is 4. The summed E-state index contributed by atoms with van der Waals surface area (Å²) in [5.74, 6) is 3.16. The highest BCUT2D eigenvalue weighted by molar-refractivity contribution is 7.03. The van der Waals surface area contributed by atoms with Gasteiger partial charge in [-0.3, -0.25) is 0 Å². The highest BCUT2D eigenvalue weighted by atomic mass is 32.1. The Labute approximate surface area is 113 Å². The molecule has 1 heterocycles. The molecule has 4 heteroatoms. The molecule has 1 aromatic heterocycles. The van der Waals surface area contributed by atoms with E-state index in [1.54, 1.807) is 0 Å². The standard InChI is InChI=1S/C14H21N3S/c1-10-2-12-3-11(1)5-14(4-10,6-12)9-15-7-13-8-18-17-16-13/h8,10-12,15H,1-7,9H2. The van der Waals surface area contributed by atoms with Crippen LogP contribution in [-0.2, 0) is 6.54 Å². The molecule has 4 bridgehead atoms. The maximum atomic E-state index is 4.11. The predicted molar refractivity (Wildman–Crippen MR) is 72.2 cm³/mol. The number of aromatic nitrogens is 2. The van der Waals surface area contributed by atoms with Gasteiger partial charge in [-0.2, -0.15) is 0 Å². The third-order valence-corrected chi connectivity index (χ3v) is 5.93. The summed E-state index contributed by atoms with van der Waals surface area (Å²) in [6.07, 6.45) is 9.07. The van der Waals surface area contributed by atoms with Crippen LogP contribution in [-0.4, -0.2) is 16.1 Å². The smallest absolute Gasteiger partial charge is 0.0893 e. The van der Waals surface area contributed by atoms with E-state index in [-0.39, 0.29) is 0 Å². The van der Waals surface area contributed by atoms with Crippen LogP contribution < -0.4 is 5.32 Å². The second-order valence-corrected chi connectivity index (χ2v) is 7.53. The molecule has 0 aliphatic heterocycles. The summed E-state index contributed by atoms with van der Waals surface area (Å²) in [6.45, 7) is 2.10. The van der Waals surface area contributed by atoms with Gasteiger partial charge in [-0.1, -0.05) is 4.49 Å². The van der Waals surface area contributed by atoms with Crippen LogP contribution in [0.5, 0.6) is 0 Å². The number of nitrogens with zero attached hydrogens (tertiary/aromatic N) is 2. The van der Waals surface area contributed by atoms with Crippen molar-refractivity contribution in [1.29, 1.82) is 0 Å². The van der Waals surface area contributed by atoms with Crippen LogP contribution in [0.15, 0.2) is 5.38 Å². The van der Waals surface area contributed by atoms with E-state index < -0.39 is 0 Å². The molecule has 4 fully saturated rings. The summed E-state index contributed by atoms with van der Waals surface area (Å²) in [5.41, 5.74) is 1.74. The lowest BCUT2D eigenvalue weighted by Crippen LogP contribution is -2.50. The molecule has 0 radical (unpaired) electrons. The van der Waals surface area contributed by atoms with Crippen molar-refractivity contribution >= 4 is 11.5 Å². The average molecular weight is 263 g/mol. The van der Waals surface area contributed by atoms with Crippen molar-refractivity contribution in [2.75, 3.05) is 6.54 Å². The van der Waals surface area contributed by atoms with Crippen LogP contribution in [0.4, 0.5) is 0 Å². The molecule has 4 aliphatic rings. The van der Waals surface area contributed by atoms with Crippen molar-refractivity contribution in [3.05, 3.63) is 11.1 Å². The van der Waals surface area contributed by atoms with Crippen molar-refractivity contribution in [3.8, 4) is 0 Å². The van der Waals surface area contributed by atoms with Gasteiger partial charge in [0.05, 0.1) is 5.69 Å². The molecular formula is C14H21N3S. The van der Waals surface area contributed by atoms with E-state index in [0.29, 0.717) is 5.41 Å². The van der Waals surface area contributed by atoms with Gasteiger partial charge >= 0.3 is 0 Å². The highest BCUT2D eigenvalue weighted by Gasteiger charge is 2.50. The van der Waals surface area contributed by atoms with Gasteiger partial charge in [0.15, 0.2) is 0 Å². The normalized spacial score (nSPS) is 41.4. The Kier molecular flexibility index (Phi) is 2.69. The van der Waals surface area contributed by atoms with Crippen molar-refractivity contribution < 1.29 is 0 Å². The van der Waals surface area contributed by atoms with Crippen LogP contribution in [0.1, 0.15) is 44.2 Å². The largest absolute Gasteiger partial charge is 0.311 e. The molecule has 0 saturated heterocycles. The van der Waals surface area contributed by atoms with Crippen LogP contribution in [0, 0.1) is 23.2 Å². The fourth-order valence-electron chi connectivity index (χ4n) is 5.22. The minimum absolute atomic E-state index is 0.637. The summed E-state index contributed by atoms with van der Waals surface area (Å²) < 4.78 is 3.92. The lowest BCUT2D eigenvalue weighted by atomic mass is 9.49. The molecule has 3 nitrogen and oxygen atoms in total. The molecule has 1 aromatic rings. The second-order valence-electron chi connectivity index (χ2n) is 6.92. The summed E-state index contributed by atoms with van der Waals surface area (Å²) in [7, 11) is 0. The maximum Gasteiger partial charge on any atom is 0.0893 e. The van der Waals surface area contributed by atoms with Crippen molar-refractivity contribution in [2.45, 2.75) is 45.1 Å². The fourth-order valence-corrected chi connectivity index (χ4v) is 5.67. The lowest BCUT2D eigenvalue weighted by molar-refractivity contribution is -0.0514. The van der Waals surface area contributed by atoms with Crippen molar-refractivity contribution in [2.24, 2.45) is 23.2 Å². The van der Waals surface area contributed by atoms with Gasteiger partial charge in [0.1, 0.15) is 0 Å². The fraction of sp³-hybridized carbons (Fsp3) is 0.857. The van der Waals surface area contributed by atoms with E-state index >= 15 is 0 Å². The van der Waals surface area contributed by atoms with E-state index in [2.05, 4.69) is 14.9 Å². The van der Waals surface area contributed by atoms with E-state index in [1.165, 1.54) is 56.6 Å². The van der Waals surface area contributed by atoms with Crippen LogP contribution in [0.2, 0.25) is 0 Å². The Morgan fingerprint density at radius 2 is 1.83 bits per heavy atom. The molecule has 0 aromatic carbocycles. The van der Waals surface area contributed by atoms with Gasteiger partial charge in [0.2, 0.25) is 0 Å². The monoisotopic (exact) mass is 263 g/mol. The van der Waals surface area contributed by atoms with Crippen molar-refractivity contribution in [3.63, 3.8) is 0 Å². The Bertz CT molecular complexity index is 379. The van der Waals surface area contributed by atoms with Gasteiger partial charge < -0.3 is 5.32 Å². The Morgan fingerprint density at radius 1 is 1.17 bits per heavy atom. The number of hydrogen-bond acceptors (Lipinski definition) is 4. The summed E-state index contributed by atoms with van der Waals surface area (Å²) in [5, 5.41) is 9.80. The number of nitrogens with one attached hydrogen (secondary N) is 1. The first-order valence-corrected chi connectivity index (χ1v) is 8.12. The Hall–Kier alpha value is -0.480. The Balaban J connectivity index is 1.39. The first-order chi connectivity index (χ1) is 8.81. The van der Waals surface area contributed by atoms with Crippen LogP contribution in [0.3, 0.4) is 0 Å². The molecule has 0 unspecified atom stereocenters. The summed E-state index contributed by atoms with van der Waals surface area (Å²) in [4.78, 5) is 0. The van der Waals surface area contributed by atoms with Gasteiger partial charge in [-0.15, -0.1) is 5.10 Å². The Morgan fingerprint density at radius 3 is 2.39 bits per heavy atom. The van der Waals surface area contributed by atoms with Gasteiger partial charge in [0, 0.05) is 18.5 Å². The maximum absolute atomic E-state index is 4.11. The summed E-state index contributed by atoms with van der Waals surface area (Å²) in [6, 6.07) is 0. The zero-order valence-electron chi connectivity index (χ0n) is 10.8.